The van der Waals surface area contributed by atoms with E-state index in [9.17, 15) is 0 Å². The molecule has 0 amide bonds. The minimum atomic E-state index is 0.707. The Bertz CT molecular complexity index is 351. The molecule has 3 nitrogen and oxygen atoms in total. The van der Waals surface area contributed by atoms with Gasteiger partial charge < -0.3 is 5.32 Å². The third kappa shape index (κ3) is 3.51. The van der Waals surface area contributed by atoms with Crippen LogP contribution in [0.4, 0.5) is 0 Å². The van der Waals surface area contributed by atoms with E-state index >= 15 is 0 Å². The highest BCUT2D eigenvalue weighted by atomic mass is 15.2. The number of nitrogens with one attached hydrogen (secondary N) is 1. The van der Waals surface area contributed by atoms with Crippen molar-refractivity contribution in [2.75, 3.05) is 19.6 Å². The third-order valence-corrected chi connectivity index (χ3v) is 3.68. The van der Waals surface area contributed by atoms with Crippen molar-refractivity contribution in [2.45, 2.75) is 39.3 Å². The number of aryl methyl sites for hydroxylation is 1. The van der Waals surface area contributed by atoms with Crippen molar-refractivity contribution in [3.05, 3.63) is 29.6 Å². The third-order valence-electron chi connectivity index (χ3n) is 3.68. The lowest BCUT2D eigenvalue weighted by Crippen LogP contribution is -2.30. The molecular weight excluding hydrogens is 210 g/mol. The van der Waals surface area contributed by atoms with Gasteiger partial charge in [0.2, 0.25) is 0 Å². The predicted octanol–water partition coefficient (Wildman–Crippen LogP) is 1.96. The average Bonchev–Trinajstić information content (AvgIpc) is 2.57. The zero-order valence-electron chi connectivity index (χ0n) is 10.9. The van der Waals surface area contributed by atoms with Gasteiger partial charge in [0.05, 0.1) is 0 Å². The van der Waals surface area contributed by atoms with Gasteiger partial charge in [-0.15, -0.1) is 0 Å². The highest BCUT2D eigenvalue weighted by molar-refractivity contribution is 5.21. The van der Waals surface area contributed by atoms with Crippen molar-refractivity contribution >= 4 is 0 Å². The van der Waals surface area contributed by atoms with Crippen molar-refractivity contribution in [3.63, 3.8) is 0 Å². The largest absolute Gasteiger partial charge is 0.313 e. The summed E-state index contributed by atoms with van der Waals surface area (Å²) in [6.07, 6.45) is 6.36. The first kappa shape index (κ1) is 12.5. The van der Waals surface area contributed by atoms with Gasteiger partial charge in [0.15, 0.2) is 0 Å². The van der Waals surface area contributed by atoms with Crippen molar-refractivity contribution in [1.29, 1.82) is 0 Å². The van der Waals surface area contributed by atoms with Gasteiger partial charge in [-0.3, -0.25) is 9.88 Å². The lowest BCUT2D eigenvalue weighted by molar-refractivity contribution is 0.281. The number of hydrogen-bond acceptors (Lipinski definition) is 3. The molecule has 2 rings (SSSR count). The number of pyridine rings is 1. The Labute approximate surface area is 104 Å². The van der Waals surface area contributed by atoms with E-state index in [1.807, 2.05) is 12.4 Å². The number of aromatic nitrogens is 1. The van der Waals surface area contributed by atoms with Crippen LogP contribution < -0.4 is 5.32 Å². The SMILES string of the molecule is CCC1CCN(Cc2ccncc2C)CCN1. The van der Waals surface area contributed by atoms with Crippen LogP contribution in [0, 0.1) is 6.92 Å². The van der Waals surface area contributed by atoms with Gasteiger partial charge in [-0.05, 0) is 37.0 Å². The first-order valence-electron chi connectivity index (χ1n) is 6.65. The second-order valence-electron chi connectivity index (χ2n) is 4.93. The number of rotatable bonds is 3. The normalized spacial score (nSPS) is 22.4. The van der Waals surface area contributed by atoms with E-state index in [1.165, 1.54) is 30.5 Å². The maximum Gasteiger partial charge on any atom is 0.0300 e. The summed E-state index contributed by atoms with van der Waals surface area (Å²) >= 11 is 0. The first-order chi connectivity index (χ1) is 8.29. The summed E-state index contributed by atoms with van der Waals surface area (Å²) in [4.78, 5) is 6.70. The minimum Gasteiger partial charge on any atom is -0.313 e. The maximum absolute atomic E-state index is 4.15. The van der Waals surface area contributed by atoms with Crippen LogP contribution in [0.2, 0.25) is 0 Å². The number of nitrogens with zero attached hydrogens (tertiary/aromatic N) is 2. The first-order valence-corrected chi connectivity index (χ1v) is 6.65. The smallest absolute Gasteiger partial charge is 0.0300 e. The lowest BCUT2D eigenvalue weighted by Gasteiger charge is -2.20. The molecule has 94 valence electrons. The summed E-state index contributed by atoms with van der Waals surface area (Å²) in [7, 11) is 0. The molecule has 1 atom stereocenters. The van der Waals surface area contributed by atoms with Crippen molar-refractivity contribution in [3.8, 4) is 0 Å². The van der Waals surface area contributed by atoms with Crippen molar-refractivity contribution in [1.82, 2.24) is 15.2 Å². The van der Waals surface area contributed by atoms with Crippen LogP contribution in [-0.2, 0) is 6.54 Å². The summed E-state index contributed by atoms with van der Waals surface area (Å²) in [5.74, 6) is 0. The van der Waals surface area contributed by atoms with E-state index in [0.717, 1.165) is 19.6 Å². The van der Waals surface area contributed by atoms with Crippen LogP contribution in [0.5, 0.6) is 0 Å². The summed E-state index contributed by atoms with van der Waals surface area (Å²) in [6, 6.07) is 2.85. The van der Waals surface area contributed by atoms with E-state index in [-0.39, 0.29) is 0 Å². The molecule has 0 aliphatic carbocycles. The van der Waals surface area contributed by atoms with E-state index in [1.54, 1.807) is 0 Å². The molecule has 0 aromatic carbocycles. The molecule has 1 aliphatic heterocycles. The molecule has 1 saturated heterocycles. The topological polar surface area (TPSA) is 28.2 Å². The van der Waals surface area contributed by atoms with Crippen LogP contribution in [0.3, 0.4) is 0 Å². The van der Waals surface area contributed by atoms with Gasteiger partial charge in [-0.1, -0.05) is 6.92 Å². The molecule has 1 aliphatic rings. The fraction of sp³-hybridized carbons (Fsp3) is 0.643. The zero-order chi connectivity index (χ0) is 12.1. The molecule has 1 N–H and O–H groups in total. The Kier molecular flexibility index (Phi) is 4.51. The molecule has 0 saturated carbocycles. The Morgan fingerprint density at radius 1 is 1.47 bits per heavy atom. The average molecular weight is 233 g/mol. The molecule has 0 radical (unpaired) electrons. The second-order valence-corrected chi connectivity index (χ2v) is 4.93. The van der Waals surface area contributed by atoms with Gasteiger partial charge >= 0.3 is 0 Å². The van der Waals surface area contributed by atoms with Crippen LogP contribution in [0.25, 0.3) is 0 Å². The van der Waals surface area contributed by atoms with Crippen LogP contribution in [0.15, 0.2) is 18.5 Å². The summed E-state index contributed by atoms with van der Waals surface area (Å²) in [6.45, 7) is 8.94. The summed E-state index contributed by atoms with van der Waals surface area (Å²) in [5, 5.41) is 3.61. The van der Waals surface area contributed by atoms with Crippen LogP contribution >= 0.6 is 0 Å². The van der Waals surface area contributed by atoms with E-state index in [4.69, 9.17) is 0 Å². The Morgan fingerprint density at radius 3 is 3.12 bits per heavy atom. The predicted molar refractivity (Wildman–Crippen MR) is 70.9 cm³/mol. The molecule has 2 heterocycles. The van der Waals surface area contributed by atoms with E-state index in [2.05, 4.69) is 35.1 Å². The molecular formula is C14H23N3. The minimum absolute atomic E-state index is 0.707. The standard InChI is InChI=1S/C14H23N3/c1-3-14-5-8-17(9-7-16-14)11-13-4-6-15-10-12(13)2/h4,6,10,14,16H,3,5,7-9,11H2,1-2H3. The van der Waals surface area contributed by atoms with Crippen molar-refractivity contribution in [2.24, 2.45) is 0 Å². The highest BCUT2D eigenvalue weighted by Crippen LogP contribution is 2.12. The molecule has 1 unspecified atom stereocenters. The highest BCUT2D eigenvalue weighted by Gasteiger charge is 2.15. The second kappa shape index (κ2) is 6.12. The maximum atomic E-state index is 4.15. The molecule has 1 aromatic heterocycles. The Hall–Kier alpha value is -0.930. The van der Waals surface area contributed by atoms with Crippen LogP contribution in [0.1, 0.15) is 30.9 Å². The zero-order valence-corrected chi connectivity index (χ0v) is 10.9. The lowest BCUT2D eigenvalue weighted by atomic mass is 10.1. The van der Waals surface area contributed by atoms with Gasteiger partial charge in [0.1, 0.15) is 0 Å². The van der Waals surface area contributed by atoms with E-state index < -0.39 is 0 Å². The fourth-order valence-electron chi connectivity index (χ4n) is 2.41. The van der Waals surface area contributed by atoms with Gasteiger partial charge in [-0.2, -0.15) is 0 Å². The molecule has 3 heteroatoms. The Balaban J connectivity index is 1.93. The van der Waals surface area contributed by atoms with Gasteiger partial charge in [0.25, 0.3) is 0 Å². The van der Waals surface area contributed by atoms with Crippen molar-refractivity contribution < 1.29 is 0 Å². The Morgan fingerprint density at radius 2 is 2.35 bits per heavy atom. The molecule has 1 fully saturated rings. The van der Waals surface area contributed by atoms with Gasteiger partial charge in [0, 0.05) is 44.6 Å². The van der Waals surface area contributed by atoms with Crippen LogP contribution in [-0.4, -0.2) is 35.6 Å². The monoisotopic (exact) mass is 233 g/mol. The summed E-state index contributed by atoms with van der Waals surface area (Å²) in [5.41, 5.74) is 2.71. The fourth-order valence-corrected chi connectivity index (χ4v) is 2.41. The summed E-state index contributed by atoms with van der Waals surface area (Å²) < 4.78 is 0. The molecule has 0 spiro atoms. The molecule has 1 aromatic rings. The van der Waals surface area contributed by atoms with E-state index in [0.29, 0.717) is 6.04 Å². The number of hydrogen-bond donors (Lipinski definition) is 1. The van der Waals surface area contributed by atoms with Gasteiger partial charge in [-0.25, -0.2) is 0 Å². The molecule has 17 heavy (non-hydrogen) atoms. The molecule has 0 bridgehead atoms. The quantitative estimate of drug-likeness (QED) is 0.865.